The van der Waals surface area contributed by atoms with E-state index in [-0.39, 0.29) is 0 Å². The zero-order valence-electron chi connectivity index (χ0n) is 7.29. The molecule has 70 valence electrons. The molecule has 1 aliphatic rings. The number of carbonyl (C=O) groups excluding carboxylic acids is 1. The minimum Gasteiger partial charge on any atom is -0.378 e. The monoisotopic (exact) mass is 172 g/mol. The van der Waals surface area contributed by atoms with E-state index >= 15 is 0 Å². The van der Waals surface area contributed by atoms with Crippen molar-refractivity contribution in [2.24, 2.45) is 17.4 Å². The quantitative estimate of drug-likeness (QED) is 0.526. The number of amides is 1. The number of nitrogens with two attached hydrogens (primary N) is 2. The maximum atomic E-state index is 10.9. The van der Waals surface area contributed by atoms with E-state index in [4.69, 9.17) is 11.5 Å². The van der Waals surface area contributed by atoms with Gasteiger partial charge >= 0.3 is 0 Å². The van der Waals surface area contributed by atoms with E-state index in [0.29, 0.717) is 12.3 Å². The van der Waals surface area contributed by atoms with Crippen LogP contribution in [0.3, 0.4) is 0 Å². The van der Waals surface area contributed by atoms with Crippen LogP contribution in [-0.2, 0) is 4.79 Å². The maximum absolute atomic E-state index is 10.9. The SMILES string of the molecule is CC(N)C(O)(CC1CC1)C(N)=O. The Hall–Kier alpha value is -0.610. The van der Waals surface area contributed by atoms with Gasteiger partial charge in [-0.15, -0.1) is 0 Å². The van der Waals surface area contributed by atoms with Gasteiger partial charge < -0.3 is 16.6 Å². The summed E-state index contributed by atoms with van der Waals surface area (Å²) in [4.78, 5) is 10.9. The number of rotatable bonds is 4. The first-order chi connectivity index (χ1) is 5.47. The minimum atomic E-state index is -1.50. The van der Waals surface area contributed by atoms with Crippen molar-refractivity contribution in [3.05, 3.63) is 0 Å². The van der Waals surface area contributed by atoms with Gasteiger partial charge in [0, 0.05) is 6.04 Å². The lowest BCUT2D eigenvalue weighted by atomic mass is 9.89. The normalized spacial score (nSPS) is 24.6. The summed E-state index contributed by atoms with van der Waals surface area (Å²) in [6, 6.07) is -0.587. The fourth-order valence-electron chi connectivity index (χ4n) is 1.27. The smallest absolute Gasteiger partial charge is 0.251 e. The third kappa shape index (κ3) is 1.76. The van der Waals surface area contributed by atoms with Gasteiger partial charge in [-0.3, -0.25) is 4.79 Å². The highest BCUT2D eigenvalue weighted by atomic mass is 16.3. The van der Waals surface area contributed by atoms with Crippen LogP contribution in [-0.4, -0.2) is 22.7 Å². The summed E-state index contributed by atoms with van der Waals surface area (Å²) < 4.78 is 0. The predicted octanol–water partition coefficient (Wildman–Crippen LogP) is -0.650. The van der Waals surface area contributed by atoms with Crippen LogP contribution < -0.4 is 11.5 Å². The lowest BCUT2D eigenvalue weighted by molar-refractivity contribution is -0.139. The summed E-state index contributed by atoms with van der Waals surface area (Å²) in [7, 11) is 0. The molecule has 0 aromatic carbocycles. The van der Waals surface area contributed by atoms with Crippen LogP contribution in [0.5, 0.6) is 0 Å². The average molecular weight is 172 g/mol. The summed E-state index contributed by atoms with van der Waals surface area (Å²) in [5, 5.41) is 9.78. The Bertz CT molecular complexity index is 189. The fraction of sp³-hybridized carbons (Fsp3) is 0.875. The second-order valence-corrected chi connectivity index (χ2v) is 3.72. The van der Waals surface area contributed by atoms with Crippen molar-refractivity contribution in [2.45, 2.75) is 37.8 Å². The van der Waals surface area contributed by atoms with E-state index in [1.807, 2.05) is 0 Å². The maximum Gasteiger partial charge on any atom is 0.251 e. The number of hydrogen-bond donors (Lipinski definition) is 3. The molecule has 2 unspecified atom stereocenters. The molecular weight excluding hydrogens is 156 g/mol. The average Bonchev–Trinajstić information content (AvgIpc) is 2.70. The Morgan fingerprint density at radius 2 is 2.25 bits per heavy atom. The number of primary amides is 1. The molecule has 0 radical (unpaired) electrons. The molecule has 4 nitrogen and oxygen atoms in total. The fourth-order valence-corrected chi connectivity index (χ4v) is 1.27. The highest BCUT2D eigenvalue weighted by molar-refractivity contribution is 5.84. The van der Waals surface area contributed by atoms with Gasteiger partial charge in [0.1, 0.15) is 0 Å². The van der Waals surface area contributed by atoms with Gasteiger partial charge in [0.25, 0.3) is 5.91 Å². The molecule has 1 amide bonds. The van der Waals surface area contributed by atoms with Crippen LogP contribution in [0.4, 0.5) is 0 Å². The molecule has 1 aliphatic carbocycles. The van der Waals surface area contributed by atoms with E-state index in [2.05, 4.69) is 0 Å². The lowest BCUT2D eigenvalue weighted by Gasteiger charge is -2.28. The number of carbonyl (C=O) groups is 1. The van der Waals surface area contributed by atoms with E-state index in [1.54, 1.807) is 6.92 Å². The molecule has 4 heteroatoms. The van der Waals surface area contributed by atoms with Crippen LogP contribution in [0.2, 0.25) is 0 Å². The molecule has 1 fully saturated rings. The van der Waals surface area contributed by atoms with Crippen molar-refractivity contribution in [1.29, 1.82) is 0 Å². The van der Waals surface area contributed by atoms with Crippen molar-refractivity contribution >= 4 is 5.91 Å². The molecule has 0 heterocycles. The Balaban J connectivity index is 2.62. The molecule has 1 rings (SSSR count). The molecular formula is C8H16N2O2. The number of aliphatic hydroxyl groups is 1. The summed E-state index contributed by atoms with van der Waals surface area (Å²) in [5.74, 6) is -0.266. The Morgan fingerprint density at radius 1 is 1.75 bits per heavy atom. The van der Waals surface area contributed by atoms with Crippen LogP contribution in [0, 0.1) is 5.92 Å². The highest BCUT2D eigenvalue weighted by Crippen LogP contribution is 2.37. The summed E-state index contributed by atoms with van der Waals surface area (Å²) in [6.45, 7) is 1.60. The van der Waals surface area contributed by atoms with Gasteiger partial charge in [-0.2, -0.15) is 0 Å². The lowest BCUT2D eigenvalue weighted by Crippen LogP contribution is -2.55. The Kier molecular flexibility index (Phi) is 2.39. The molecule has 0 spiro atoms. The molecule has 5 N–H and O–H groups in total. The van der Waals surface area contributed by atoms with Crippen molar-refractivity contribution in [1.82, 2.24) is 0 Å². The molecule has 12 heavy (non-hydrogen) atoms. The first-order valence-electron chi connectivity index (χ1n) is 4.24. The van der Waals surface area contributed by atoms with Crippen LogP contribution in [0.15, 0.2) is 0 Å². The molecule has 2 atom stereocenters. The molecule has 0 aromatic rings. The third-order valence-electron chi connectivity index (χ3n) is 2.48. The third-order valence-corrected chi connectivity index (χ3v) is 2.48. The predicted molar refractivity (Wildman–Crippen MR) is 45.1 cm³/mol. The molecule has 0 saturated heterocycles. The van der Waals surface area contributed by atoms with Gasteiger partial charge in [0.05, 0.1) is 0 Å². The van der Waals surface area contributed by atoms with Crippen molar-refractivity contribution < 1.29 is 9.90 Å². The van der Waals surface area contributed by atoms with E-state index < -0.39 is 17.6 Å². The van der Waals surface area contributed by atoms with Crippen molar-refractivity contribution in [2.75, 3.05) is 0 Å². The summed E-state index contributed by atoms with van der Waals surface area (Å²) in [6.07, 6.45) is 2.56. The molecule has 1 saturated carbocycles. The van der Waals surface area contributed by atoms with Crippen LogP contribution in [0.1, 0.15) is 26.2 Å². The first kappa shape index (κ1) is 9.48. The topological polar surface area (TPSA) is 89.3 Å². The second kappa shape index (κ2) is 3.03. The van der Waals surface area contributed by atoms with Gasteiger partial charge in [0.2, 0.25) is 0 Å². The van der Waals surface area contributed by atoms with Crippen LogP contribution >= 0.6 is 0 Å². The Labute approximate surface area is 71.9 Å². The largest absolute Gasteiger partial charge is 0.378 e. The van der Waals surface area contributed by atoms with Crippen molar-refractivity contribution in [3.63, 3.8) is 0 Å². The standard InChI is InChI=1S/C8H16N2O2/c1-5(9)8(12,7(10)11)4-6-2-3-6/h5-6,12H,2-4,9H2,1H3,(H2,10,11). The van der Waals surface area contributed by atoms with E-state index in [1.165, 1.54) is 0 Å². The first-order valence-corrected chi connectivity index (χ1v) is 4.24. The zero-order valence-corrected chi connectivity index (χ0v) is 7.29. The second-order valence-electron chi connectivity index (χ2n) is 3.72. The van der Waals surface area contributed by atoms with Gasteiger partial charge in [-0.25, -0.2) is 0 Å². The highest BCUT2D eigenvalue weighted by Gasteiger charge is 2.42. The molecule has 0 aliphatic heterocycles. The van der Waals surface area contributed by atoms with E-state index in [0.717, 1.165) is 12.8 Å². The summed E-state index contributed by atoms with van der Waals surface area (Å²) >= 11 is 0. The van der Waals surface area contributed by atoms with Crippen LogP contribution in [0.25, 0.3) is 0 Å². The molecule has 0 bridgehead atoms. The molecule has 0 aromatic heterocycles. The van der Waals surface area contributed by atoms with Gasteiger partial charge in [-0.1, -0.05) is 12.8 Å². The van der Waals surface area contributed by atoms with Gasteiger partial charge in [-0.05, 0) is 19.3 Å². The van der Waals surface area contributed by atoms with Crippen molar-refractivity contribution in [3.8, 4) is 0 Å². The van der Waals surface area contributed by atoms with Gasteiger partial charge in [0.15, 0.2) is 5.60 Å². The summed E-state index contributed by atoms with van der Waals surface area (Å²) in [5.41, 5.74) is 9.08. The number of hydrogen-bond acceptors (Lipinski definition) is 3. The minimum absolute atomic E-state index is 0.417. The van der Waals surface area contributed by atoms with E-state index in [9.17, 15) is 9.90 Å². The zero-order chi connectivity index (χ0) is 9.35. The Morgan fingerprint density at radius 3 is 2.50 bits per heavy atom.